The lowest BCUT2D eigenvalue weighted by Crippen LogP contribution is -2.33. The molecule has 6 heteroatoms. The first-order valence-electron chi connectivity index (χ1n) is 7.17. The molecular formula is C16H16N4OS. The molecule has 1 N–H and O–H groups in total. The quantitative estimate of drug-likeness (QED) is 0.943. The highest BCUT2D eigenvalue weighted by Crippen LogP contribution is 2.38. The van der Waals surface area contributed by atoms with Crippen LogP contribution in [0.5, 0.6) is 5.75 Å². The van der Waals surface area contributed by atoms with Crippen molar-refractivity contribution >= 4 is 22.6 Å². The Morgan fingerprint density at radius 3 is 2.95 bits per heavy atom. The molecule has 1 atom stereocenters. The van der Waals surface area contributed by atoms with Gasteiger partial charge < -0.3 is 14.6 Å². The van der Waals surface area contributed by atoms with Crippen molar-refractivity contribution in [2.45, 2.75) is 12.5 Å². The molecule has 22 heavy (non-hydrogen) atoms. The van der Waals surface area contributed by atoms with Gasteiger partial charge in [-0.2, -0.15) is 0 Å². The topological polar surface area (TPSA) is 53.5 Å². The van der Waals surface area contributed by atoms with Gasteiger partial charge >= 0.3 is 0 Å². The minimum absolute atomic E-state index is 0.346. The van der Waals surface area contributed by atoms with Crippen molar-refractivity contribution in [3.8, 4) is 5.75 Å². The zero-order valence-electron chi connectivity index (χ0n) is 12.2. The lowest BCUT2D eigenvalue weighted by Gasteiger charge is -2.25. The van der Waals surface area contributed by atoms with Crippen molar-refractivity contribution in [3.05, 3.63) is 53.5 Å². The third-order valence-corrected chi connectivity index (χ3v) is 4.82. The number of ether oxygens (including phenoxy) is 1. The summed E-state index contributed by atoms with van der Waals surface area (Å²) in [6.45, 7) is 0.828. The average Bonchev–Trinajstić information content (AvgIpc) is 3.27. The molecule has 0 radical (unpaired) electrons. The summed E-state index contributed by atoms with van der Waals surface area (Å²) < 4.78 is 5.24. The standard InChI is InChI=1S/C16H16N4OS/c1-21-14-4-2-11(3-5-14)15-9-22-16-18-8-13(20(15)16)6-12-7-17-10-19-12/h2-5,7,9-10,13H,6,8H2,1H3,(H,17,19)/t13-/m0/s1. The van der Waals surface area contributed by atoms with E-state index < -0.39 is 0 Å². The van der Waals surface area contributed by atoms with E-state index in [1.807, 2.05) is 18.3 Å². The van der Waals surface area contributed by atoms with Gasteiger partial charge in [-0.15, -0.1) is 0 Å². The first-order valence-corrected chi connectivity index (χ1v) is 8.05. The number of amidine groups is 1. The van der Waals surface area contributed by atoms with Crippen LogP contribution in [0, 0.1) is 0 Å². The number of hydrogen-bond acceptors (Lipinski definition) is 5. The van der Waals surface area contributed by atoms with Crippen LogP contribution in [0.3, 0.4) is 0 Å². The molecule has 4 rings (SSSR count). The molecule has 2 aliphatic rings. The van der Waals surface area contributed by atoms with Gasteiger partial charge in [-0.1, -0.05) is 11.8 Å². The zero-order valence-corrected chi connectivity index (χ0v) is 13.0. The highest BCUT2D eigenvalue weighted by molar-refractivity contribution is 8.16. The van der Waals surface area contributed by atoms with E-state index in [1.54, 1.807) is 25.2 Å². The number of thioether (sulfide) groups is 1. The third kappa shape index (κ3) is 2.29. The van der Waals surface area contributed by atoms with Crippen molar-refractivity contribution in [2.24, 2.45) is 4.99 Å². The van der Waals surface area contributed by atoms with Crippen molar-refractivity contribution in [3.63, 3.8) is 0 Å². The molecule has 0 unspecified atom stereocenters. The maximum Gasteiger partial charge on any atom is 0.168 e. The second-order valence-electron chi connectivity index (χ2n) is 5.28. The minimum Gasteiger partial charge on any atom is -0.497 e. The van der Waals surface area contributed by atoms with Crippen LogP contribution in [0.4, 0.5) is 0 Å². The monoisotopic (exact) mass is 312 g/mol. The highest BCUT2D eigenvalue weighted by Gasteiger charge is 2.35. The van der Waals surface area contributed by atoms with Crippen LogP contribution in [0.2, 0.25) is 0 Å². The Labute approximate surface area is 133 Å². The molecule has 0 fully saturated rings. The van der Waals surface area contributed by atoms with Crippen LogP contribution >= 0.6 is 11.8 Å². The van der Waals surface area contributed by atoms with E-state index in [-0.39, 0.29) is 0 Å². The van der Waals surface area contributed by atoms with E-state index in [2.05, 4.69) is 37.4 Å². The van der Waals surface area contributed by atoms with Gasteiger partial charge in [-0.3, -0.25) is 4.99 Å². The van der Waals surface area contributed by atoms with E-state index in [1.165, 1.54) is 11.3 Å². The Balaban J connectivity index is 1.58. The molecule has 2 aliphatic heterocycles. The number of hydrogen-bond donors (Lipinski definition) is 1. The maximum atomic E-state index is 5.24. The van der Waals surface area contributed by atoms with Crippen molar-refractivity contribution in [1.82, 2.24) is 14.9 Å². The number of rotatable bonds is 4. The number of imidazole rings is 1. The van der Waals surface area contributed by atoms with Crippen LogP contribution in [0.25, 0.3) is 5.70 Å². The summed E-state index contributed by atoms with van der Waals surface area (Å²) in [5.41, 5.74) is 3.55. The third-order valence-electron chi connectivity index (χ3n) is 3.94. The number of nitrogens with zero attached hydrogens (tertiary/aromatic N) is 3. The predicted octanol–water partition coefficient (Wildman–Crippen LogP) is 2.75. The number of nitrogens with one attached hydrogen (secondary N) is 1. The largest absolute Gasteiger partial charge is 0.497 e. The van der Waals surface area contributed by atoms with Crippen LogP contribution in [0.1, 0.15) is 11.3 Å². The van der Waals surface area contributed by atoms with Crippen LogP contribution < -0.4 is 4.74 Å². The fraction of sp³-hybridized carbons (Fsp3) is 0.250. The molecular weight excluding hydrogens is 296 g/mol. The highest BCUT2D eigenvalue weighted by atomic mass is 32.2. The number of methoxy groups -OCH3 is 1. The Morgan fingerprint density at radius 1 is 1.36 bits per heavy atom. The SMILES string of the molecule is COc1ccc(C2=CSC3=NC[C@H](Cc4cnc[nH]4)N23)cc1. The van der Waals surface area contributed by atoms with Crippen LogP contribution in [-0.4, -0.2) is 39.7 Å². The van der Waals surface area contributed by atoms with Gasteiger partial charge in [0.05, 0.1) is 31.7 Å². The summed E-state index contributed by atoms with van der Waals surface area (Å²) in [7, 11) is 1.69. The first-order chi connectivity index (χ1) is 10.8. The summed E-state index contributed by atoms with van der Waals surface area (Å²) in [5.74, 6) is 0.874. The molecule has 0 saturated heterocycles. The van der Waals surface area contributed by atoms with Gasteiger partial charge in [-0.25, -0.2) is 4.98 Å². The zero-order chi connectivity index (χ0) is 14.9. The van der Waals surface area contributed by atoms with Gasteiger partial charge in [0.25, 0.3) is 0 Å². The van der Waals surface area contributed by atoms with E-state index in [9.17, 15) is 0 Å². The van der Waals surface area contributed by atoms with Crippen LogP contribution in [-0.2, 0) is 6.42 Å². The summed E-state index contributed by atoms with van der Waals surface area (Å²) in [5, 5.41) is 3.27. The second kappa shape index (κ2) is 5.53. The average molecular weight is 312 g/mol. The normalized spacial score (nSPS) is 19.9. The molecule has 1 aromatic heterocycles. The van der Waals surface area contributed by atoms with Gasteiger partial charge in [0.15, 0.2) is 5.17 Å². The van der Waals surface area contributed by atoms with Gasteiger partial charge in [0.1, 0.15) is 5.75 Å². The summed E-state index contributed by atoms with van der Waals surface area (Å²) in [4.78, 5) is 14.3. The minimum atomic E-state index is 0.346. The lowest BCUT2D eigenvalue weighted by molar-refractivity contribution is 0.414. The number of benzene rings is 1. The smallest absolute Gasteiger partial charge is 0.168 e. The first kappa shape index (κ1) is 13.5. The number of aromatic nitrogens is 2. The fourth-order valence-electron chi connectivity index (χ4n) is 2.83. The van der Waals surface area contributed by atoms with E-state index >= 15 is 0 Å². The Bertz CT molecular complexity index is 721. The molecule has 2 aromatic rings. The lowest BCUT2D eigenvalue weighted by atomic mass is 10.1. The molecule has 3 heterocycles. The molecule has 112 valence electrons. The van der Waals surface area contributed by atoms with Crippen molar-refractivity contribution in [1.29, 1.82) is 0 Å². The van der Waals surface area contributed by atoms with E-state index in [0.717, 1.165) is 29.6 Å². The molecule has 0 amide bonds. The fourth-order valence-corrected chi connectivity index (χ4v) is 3.81. The summed E-state index contributed by atoms with van der Waals surface area (Å²) in [6.07, 6.45) is 4.53. The maximum absolute atomic E-state index is 5.24. The van der Waals surface area contributed by atoms with Crippen molar-refractivity contribution < 1.29 is 4.74 Å². The number of aromatic amines is 1. The molecule has 0 saturated carbocycles. The number of aliphatic imine (C=N–C) groups is 1. The van der Waals surface area contributed by atoms with Crippen LogP contribution in [0.15, 0.2) is 47.2 Å². The Hall–Kier alpha value is -2.21. The number of fused-ring (bicyclic) bond motifs is 1. The van der Waals surface area contributed by atoms with Gasteiger partial charge in [-0.05, 0) is 29.8 Å². The van der Waals surface area contributed by atoms with Gasteiger partial charge in [0, 0.05) is 23.7 Å². The van der Waals surface area contributed by atoms with E-state index in [0.29, 0.717) is 6.04 Å². The van der Waals surface area contributed by atoms with E-state index in [4.69, 9.17) is 4.74 Å². The Kier molecular flexibility index (Phi) is 3.38. The Morgan fingerprint density at radius 2 is 2.23 bits per heavy atom. The predicted molar refractivity (Wildman–Crippen MR) is 88.8 cm³/mol. The molecule has 5 nitrogen and oxygen atoms in total. The molecule has 0 bridgehead atoms. The second-order valence-corrected chi connectivity index (χ2v) is 6.11. The molecule has 1 aromatic carbocycles. The van der Waals surface area contributed by atoms with Crippen molar-refractivity contribution in [2.75, 3.05) is 13.7 Å². The van der Waals surface area contributed by atoms with Gasteiger partial charge in [0.2, 0.25) is 0 Å². The molecule has 0 aliphatic carbocycles. The summed E-state index contributed by atoms with van der Waals surface area (Å²) >= 11 is 1.70. The molecule has 0 spiro atoms. The summed E-state index contributed by atoms with van der Waals surface area (Å²) in [6, 6.07) is 8.53. The number of H-pyrrole nitrogens is 1.